The van der Waals surface area contributed by atoms with Gasteiger partial charge in [0, 0.05) is 24.4 Å². The largest absolute Gasteiger partial charge is 0.370 e. The first kappa shape index (κ1) is 9.67. The lowest BCUT2D eigenvalue weighted by Crippen LogP contribution is -2.37. The van der Waals surface area contributed by atoms with Crippen molar-refractivity contribution in [1.29, 1.82) is 0 Å². The van der Waals surface area contributed by atoms with E-state index in [0.717, 1.165) is 5.56 Å². The third-order valence-electron chi connectivity index (χ3n) is 1.88. The minimum absolute atomic E-state index is 0.136. The van der Waals surface area contributed by atoms with E-state index in [0.29, 0.717) is 0 Å². The van der Waals surface area contributed by atoms with Gasteiger partial charge >= 0.3 is 0 Å². The fourth-order valence-electron chi connectivity index (χ4n) is 1.20. The van der Waals surface area contributed by atoms with Crippen LogP contribution in [0.2, 0.25) is 0 Å². The van der Waals surface area contributed by atoms with Gasteiger partial charge in [0.2, 0.25) is 5.91 Å². The summed E-state index contributed by atoms with van der Waals surface area (Å²) >= 11 is 0. The maximum Gasteiger partial charge on any atom is 0.219 e. The highest BCUT2D eigenvalue weighted by Gasteiger charge is 2.23. The Balaban J connectivity index is 2.87. The second-order valence-electron chi connectivity index (χ2n) is 3.30. The number of aromatic nitrogens is 1. The van der Waals surface area contributed by atoms with Gasteiger partial charge in [0.15, 0.2) is 0 Å². The molecule has 0 fully saturated rings. The first-order chi connectivity index (χ1) is 6.02. The summed E-state index contributed by atoms with van der Waals surface area (Å²) in [6.07, 6.45) is 3.42. The molecule has 1 unspecified atom stereocenters. The average molecular weight is 179 g/mol. The molecule has 0 aromatic carbocycles. The number of pyridine rings is 1. The molecule has 0 radical (unpaired) electrons. The quantitative estimate of drug-likeness (QED) is 0.692. The highest BCUT2D eigenvalue weighted by atomic mass is 16.1. The molecular formula is C9H13N3O. The molecule has 0 bridgehead atoms. The van der Waals surface area contributed by atoms with Crippen LogP contribution in [0, 0.1) is 0 Å². The lowest BCUT2D eigenvalue weighted by atomic mass is 9.90. The first-order valence-electron chi connectivity index (χ1n) is 4.00. The molecule has 0 aliphatic rings. The van der Waals surface area contributed by atoms with E-state index >= 15 is 0 Å². The molecule has 1 heterocycles. The van der Waals surface area contributed by atoms with Gasteiger partial charge in [0.1, 0.15) is 0 Å². The van der Waals surface area contributed by atoms with Crippen LogP contribution in [-0.2, 0) is 10.3 Å². The summed E-state index contributed by atoms with van der Waals surface area (Å²) in [4.78, 5) is 14.6. The van der Waals surface area contributed by atoms with Crippen LogP contribution >= 0.6 is 0 Å². The summed E-state index contributed by atoms with van der Waals surface area (Å²) in [5.74, 6) is -0.401. The van der Waals surface area contributed by atoms with Crippen molar-refractivity contribution in [2.24, 2.45) is 11.5 Å². The number of hydrogen-bond donors (Lipinski definition) is 2. The van der Waals surface area contributed by atoms with Crippen molar-refractivity contribution in [3.8, 4) is 0 Å². The Hall–Kier alpha value is -1.42. The summed E-state index contributed by atoms with van der Waals surface area (Å²) in [5.41, 5.74) is 11.2. The van der Waals surface area contributed by atoms with Crippen LogP contribution in [0.5, 0.6) is 0 Å². The first-order valence-corrected chi connectivity index (χ1v) is 4.00. The lowest BCUT2D eigenvalue weighted by Gasteiger charge is -2.22. The van der Waals surface area contributed by atoms with Crippen molar-refractivity contribution in [2.45, 2.75) is 18.9 Å². The van der Waals surface area contributed by atoms with Crippen molar-refractivity contribution < 1.29 is 4.79 Å². The van der Waals surface area contributed by atoms with E-state index in [1.165, 1.54) is 0 Å². The molecule has 0 saturated carbocycles. The predicted octanol–water partition coefficient (Wildman–Crippen LogP) is 0.131. The molecule has 70 valence electrons. The SMILES string of the molecule is CC(N)(CC(N)=O)c1ccncc1. The van der Waals surface area contributed by atoms with Crippen molar-refractivity contribution in [3.05, 3.63) is 30.1 Å². The molecule has 4 nitrogen and oxygen atoms in total. The van der Waals surface area contributed by atoms with Crippen LogP contribution in [0.3, 0.4) is 0 Å². The third-order valence-corrected chi connectivity index (χ3v) is 1.88. The molecule has 4 heteroatoms. The van der Waals surface area contributed by atoms with Crippen molar-refractivity contribution in [2.75, 3.05) is 0 Å². The second-order valence-corrected chi connectivity index (χ2v) is 3.30. The molecule has 13 heavy (non-hydrogen) atoms. The van der Waals surface area contributed by atoms with E-state index in [9.17, 15) is 4.79 Å². The zero-order valence-corrected chi connectivity index (χ0v) is 7.53. The van der Waals surface area contributed by atoms with Crippen molar-refractivity contribution in [3.63, 3.8) is 0 Å². The fraction of sp³-hybridized carbons (Fsp3) is 0.333. The Morgan fingerprint density at radius 1 is 1.54 bits per heavy atom. The molecule has 4 N–H and O–H groups in total. The van der Waals surface area contributed by atoms with Crippen LogP contribution in [-0.4, -0.2) is 10.9 Å². The summed E-state index contributed by atoms with van der Waals surface area (Å²) in [7, 11) is 0. The van der Waals surface area contributed by atoms with Gasteiger partial charge in [-0.15, -0.1) is 0 Å². The van der Waals surface area contributed by atoms with Crippen LogP contribution in [0.15, 0.2) is 24.5 Å². The highest BCUT2D eigenvalue weighted by Crippen LogP contribution is 2.19. The lowest BCUT2D eigenvalue weighted by molar-refractivity contribution is -0.119. The Morgan fingerprint density at radius 3 is 2.54 bits per heavy atom. The van der Waals surface area contributed by atoms with Gasteiger partial charge in [0.25, 0.3) is 0 Å². The van der Waals surface area contributed by atoms with Crippen LogP contribution in [0.25, 0.3) is 0 Å². The monoisotopic (exact) mass is 179 g/mol. The second kappa shape index (κ2) is 3.53. The molecular weight excluding hydrogens is 166 g/mol. The molecule has 1 aromatic heterocycles. The number of hydrogen-bond acceptors (Lipinski definition) is 3. The number of amides is 1. The zero-order chi connectivity index (χ0) is 9.90. The molecule has 0 aliphatic carbocycles. The van der Waals surface area contributed by atoms with Gasteiger partial charge in [-0.2, -0.15) is 0 Å². The summed E-state index contributed by atoms with van der Waals surface area (Å²) in [6, 6.07) is 3.56. The van der Waals surface area contributed by atoms with Gasteiger partial charge in [0.05, 0.1) is 0 Å². The topological polar surface area (TPSA) is 82.0 Å². The van der Waals surface area contributed by atoms with E-state index in [-0.39, 0.29) is 6.42 Å². The van der Waals surface area contributed by atoms with Crippen LogP contribution in [0.1, 0.15) is 18.9 Å². The number of nitrogens with zero attached hydrogens (tertiary/aromatic N) is 1. The maximum atomic E-state index is 10.7. The van der Waals surface area contributed by atoms with Crippen molar-refractivity contribution in [1.82, 2.24) is 4.98 Å². The van der Waals surface area contributed by atoms with Gasteiger partial charge in [-0.3, -0.25) is 9.78 Å². The molecule has 1 atom stereocenters. The van der Waals surface area contributed by atoms with Gasteiger partial charge in [-0.25, -0.2) is 0 Å². The molecule has 0 aliphatic heterocycles. The van der Waals surface area contributed by atoms with Gasteiger partial charge in [-0.05, 0) is 24.6 Å². The van der Waals surface area contributed by atoms with Crippen LogP contribution < -0.4 is 11.5 Å². The van der Waals surface area contributed by atoms with E-state index in [4.69, 9.17) is 11.5 Å². The molecule has 1 rings (SSSR count). The smallest absolute Gasteiger partial charge is 0.219 e. The normalized spacial score (nSPS) is 14.9. The summed E-state index contributed by atoms with van der Waals surface area (Å²) in [6.45, 7) is 1.77. The Bertz CT molecular complexity index is 295. The van der Waals surface area contributed by atoms with E-state index in [1.54, 1.807) is 31.5 Å². The highest BCUT2D eigenvalue weighted by molar-refractivity contribution is 5.75. The number of carbonyl (C=O) groups is 1. The minimum atomic E-state index is -0.700. The fourth-order valence-corrected chi connectivity index (χ4v) is 1.20. The molecule has 0 spiro atoms. The van der Waals surface area contributed by atoms with Crippen LogP contribution in [0.4, 0.5) is 0 Å². The van der Waals surface area contributed by atoms with E-state index in [2.05, 4.69) is 4.98 Å². The molecule has 1 amide bonds. The number of carbonyl (C=O) groups excluding carboxylic acids is 1. The van der Waals surface area contributed by atoms with Crippen molar-refractivity contribution >= 4 is 5.91 Å². The predicted molar refractivity (Wildman–Crippen MR) is 49.6 cm³/mol. The number of primary amides is 1. The Kier molecular flexibility index (Phi) is 2.63. The minimum Gasteiger partial charge on any atom is -0.370 e. The summed E-state index contributed by atoms with van der Waals surface area (Å²) in [5, 5.41) is 0. The van der Waals surface area contributed by atoms with E-state index in [1.807, 2.05) is 0 Å². The maximum absolute atomic E-state index is 10.7. The number of nitrogens with two attached hydrogens (primary N) is 2. The Labute approximate surface area is 77.0 Å². The van der Waals surface area contributed by atoms with E-state index < -0.39 is 11.4 Å². The standard InChI is InChI=1S/C9H13N3O/c1-9(11,6-8(10)13)7-2-4-12-5-3-7/h2-5H,6,11H2,1H3,(H2,10,13). The summed E-state index contributed by atoms with van der Waals surface area (Å²) < 4.78 is 0. The van der Waals surface area contributed by atoms with Gasteiger partial charge in [-0.1, -0.05) is 0 Å². The molecule has 0 saturated heterocycles. The van der Waals surface area contributed by atoms with Gasteiger partial charge < -0.3 is 11.5 Å². The average Bonchev–Trinajstić information content (AvgIpc) is 2.04. The number of rotatable bonds is 3. The Morgan fingerprint density at radius 2 is 2.08 bits per heavy atom. The third kappa shape index (κ3) is 2.52. The molecule has 1 aromatic rings. The zero-order valence-electron chi connectivity index (χ0n) is 7.53.